The predicted octanol–water partition coefficient (Wildman–Crippen LogP) is 3.95. The lowest BCUT2D eigenvalue weighted by Crippen LogP contribution is -2.28. The van der Waals surface area contributed by atoms with Crippen LogP contribution in [0.15, 0.2) is 76.3 Å². The van der Waals surface area contributed by atoms with Crippen molar-refractivity contribution in [3.63, 3.8) is 0 Å². The van der Waals surface area contributed by atoms with E-state index in [2.05, 4.69) is 5.32 Å². The van der Waals surface area contributed by atoms with Gasteiger partial charge in [-0.05, 0) is 36.0 Å². The molecule has 0 spiro atoms. The number of hydrogen-bond acceptors (Lipinski definition) is 4. The van der Waals surface area contributed by atoms with E-state index in [1.54, 1.807) is 18.2 Å². The maximum absolute atomic E-state index is 12.1. The smallest absolute Gasteiger partial charge is 0.251 e. The summed E-state index contributed by atoms with van der Waals surface area (Å²) in [4.78, 5) is 12.1. The minimum Gasteiger partial charge on any atom is -0.618 e. The van der Waals surface area contributed by atoms with Gasteiger partial charge in [-0.3, -0.25) is 4.79 Å². The second-order valence-corrected chi connectivity index (χ2v) is 6.51. The Balaban J connectivity index is 1.49. The number of thioether (sulfide) groups is 1. The molecule has 4 aromatic rings. The minimum absolute atomic E-state index is 0.157. The zero-order chi connectivity index (χ0) is 17.2. The molecule has 0 saturated carbocycles. The Bertz CT molecular complexity index is 1070. The Labute approximate surface area is 147 Å². The average molecular weight is 350 g/mol. The molecule has 0 saturated heterocycles. The molecule has 2 heterocycles. The molecule has 0 radical (unpaired) electrons. The zero-order valence-corrected chi connectivity index (χ0v) is 14.0. The highest BCUT2D eigenvalue weighted by atomic mass is 32.2. The fourth-order valence-electron chi connectivity index (χ4n) is 2.66. The van der Waals surface area contributed by atoms with Crippen molar-refractivity contribution in [2.45, 2.75) is 5.03 Å². The Hall–Kier alpha value is -2.99. The van der Waals surface area contributed by atoms with E-state index in [1.807, 2.05) is 42.5 Å². The van der Waals surface area contributed by atoms with Crippen molar-refractivity contribution >= 4 is 45.3 Å². The molecule has 4 rings (SSSR count). The van der Waals surface area contributed by atoms with Crippen LogP contribution in [0.4, 0.5) is 5.69 Å². The number of anilines is 1. The molecule has 0 atom stereocenters. The Morgan fingerprint density at radius 1 is 1.04 bits per heavy atom. The van der Waals surface area contributed by atoms with Crippen LogP contribution in [0.5, 0.6) is 0 Å². The van der Waals surface area contributed by atoms with Crippen LogP contribution in [0.3, 0.4) is 0 Å². The molecular formula is C19H14N2O3S. The van der Waals surface area contributed by atoms with Crippen molar-refractivity contribution < 1.29 is 13.9 Å². The highest BCUT2D eigenvalue weighted by Gasteiger charge is 2.11. The predicted molar refractivity (Wildman–Crippen MR) is 98.5 cm³/mol. The van der Waals surface area contributed by atoms with Crippen LogP contribution in [0.25, 0.3) is 21.9 Å². The number of carbonyl (C=O) groups is 1. The normalized spacial score (nSPS) is 11.0. The lowest BCUT2D eigenvalue weighted by atomic mass is 10.1. The summed E-state index contributed by atoms with van der Waals surface area (Å²) < 4.78 is 6.57. The fourth-order valence-corrected chi connectivity index (χ4v) is 3.38. The van der Waals surface area contributed by atoms with E-state index in [4.69, 9.17) is 4.42 Å². The van der Waals surface area contributed by atoms with E-state index in [-0.39, 0.29) is 11.7 Å². The number of fused-ring (bicyclic) bond motifs is 3. The Kier molecular flexibility index (Phi) is 4.03. The summed E-state index contributed by atoms with van der Waals surface area (Å²) in [5.41, 5.74) is 2.22. The summed E-state index contributed by atoms with van der Waals surface area (Å²) in [6.45, 7) is 0. The maximum atomic E-state index is 12.1. The quantitative estimate of drug-likeness (QED) is 0.344. The van der Waals surface area contributed by atoms with Gasteiger partial charge in [-0.25, -0.2) is 0 Å². The molecule has 25 heavy (non-hydrogen) atoms. The molecule has 0 aliphatic heterocycles. The third kappa shape index (κ3) is 3.16. The molecule has 2 aromatic heterocycles. The van der Waals surface area contributed by atoms with Crippen molar-refractivity contribution in [3.8, 4) is 0 Å². The van der Waals surface area contributed by atoms with Gasteiger partial charge >= 0.3 is 0 Å². The number of furan rings is 1. The topological polar surface area (TPSA) is 69.2 Å². The number of rotatable bonds is 4. The van der Waals surface area contributed by atoms with Crippen LogP contribution in [0.2, 0.25) is 0 Å². The third-order valence-corrected chi connectivity index (χ3v) is 4.82. The Morgan fingerprint density at radius 3 is 2.72 bits per heavy atom. The lowest BCUT2D eigenvalue weighted by Gasteiger charge is -2.05. The summed E-state index contributed by atoms with van der Waals surface area (Å²) in [6, 6.07) is 18.5. The van der Waals surface area contributed by atoms with Crippen molar-refractivity contribution in [2.24, 2.45) is 0 Å². The number of nitrogens with zero attached hydrogens (tertiary/aromatic N) is 1. The van der Waals surface area contributed by atoms with Gasteiger partial charge in [0.15, 0.2) is 6.20 Å². The summed E-state index contributed by atoms with van der Waals surface area (Å²) in [6.07, 6.45) is 1.41. The SMILES string of the molecule is O=C(CSc1cccc[n+]1[O-])Nc1ccc2c(c1)oc1ccccc12. The number of hydrogen-bond donors (Lipinski definition) is 1. The number of aromatic nitrogens is 1. The van der Waals surface area contributed by atoms with E-state index in [1.165, 1.54) is 18.0 Å². The number of pyridine rings is 1. The van der Waals surface area contributed by atoms with E-state index < -0.39 is 0 Å². The van der Waals surface area contributed by atoms with Gasteiger partial charge in [0.25, 0.3) is 5.03 Å². The molecule has 0 aliphatic carbocycles. The van der Waals surface area contributed by atoms with Gasteiger partial charge in [0.05, 0.1) is 5.75 Å². The molecule has 124 valence electrons. The molecule has 5 nitrogen and oxygen atoms in total. The first-order valence-electron chi connectivity index (χ1n) is 7.73. The van der Waals surface area contributed by atoms with Crippen LogP contribution in [-0.4, -0.2) is 11.7 Å². The second-order valence-electron chi connectivity index (χ2n) is 5.51. The Morgan fingerprint density at radius 2 is 1.84 bits per heavy atom. The zero-order valence-electron chi connectivity index (χ0n) is 13.1. The summed E-state index contributed by atoms with van der Waals surface area (Å²) in [5.74, 6) is -0.0194. The third-order valence-electron chi connectivity index (χ3n) is 3.80. The van der Waals surface area contributed by atoms with E-state index in [0.717, 1.165) is 26.7 Å². The van der Waals surface area contributed by atoms with Gasteiger partial charge in [0.1, 0.15) is 11.2 Å². The van der Waals surface area contributed by atoms with E-state index in [9.17, 15) is 10.0 Å². The van der Waals surface area contributed by atoms with Gasteiger partial charge in [-0.1, -0.05) is 18.2 Å². The minimum atomic E-state index is -0.177. The number of nitrogens with one attached hydrogen (secondary N) is 1. The number of benzene rings is 2. The maximum Gasteiger partial charge on any atom is 0.251 e. The van der Waals surface area contributed by atoms with Gasteiger partial charge < -0.3 is 14.9 Å². The van der Waals surface area contributed by atoms with Crippen molar-refractivity contribution in [3.05, 3.63) is 72.1 Å². The van der Waals surface area contributed by atoms with Crippen LogP contribution in [0, 0.1) is 5.21 Å². The highest BCUT2D eigenvalue weighted by molar-refractivity contribution is 7.99. The second kappa shape index (κ2) is 6.49. The number of carbonyl (C=O) groups excluding carboxylic acids is 1. The van der Waals surface area contributed by atoms with Gasteiger partial charge in [0.2, 0.25) is 5.91 Å². The monoisotopic (exact) mass is 350 g/mol. The fraction of sp³-hybridized carbons (Fsp3) is 0.0526. The summed E-state index contributed by atoms with van der Waals surface area (Å²) in [5, 5.41) is 17.0. The van der Waals surface area contributed by atoms with Crippen LogP contribution in [-0.2, 0) is 4.79 Å². The van der Waals surface area contributed by atoms with Crippen molar-refractivity contribution in [1.29, 1.82) is 0 Å². The molecule has 1 amide bonds. The van der Waals surface area contributed by atoms with Crippen molar-refractivity contribution in [2.75, 3.05) is 11.1 Å². The molecule has 0 fully saturated rings. The van der Waals surface area contributed by atoms with E-state index >= 15 is 0 Å². The molecule has 0 bridgehead atoms. The van der Waals surface area contributed by atoms with Gasteiger partial charge in [0, 0.05) is 34.7 Å². The standard InChI is InChI=1S/C19H14N2O3S/c22-18(12-25-19-7-3-4-10-21(19)23)20-13-8-9-15-14-5-1-2-6-16(14)24-17(15)11-13/h1-11H,12H2,(H,20,22). The molecule has 0 aliphatic rings. The number of amides is 1. The van der Waals surface area contributed by atoms with Crippen LogP contribution < -0.4 is 10.0 Å². The van der Waals surface area contributed by atoms with Crippen LogP contribution in [0.1, 0.15) is 0 Å². The van der Waals surface area contributed by atoms with Gasteiger partial charge in [-0.2, -0.15) is 4.73 Å². The van der Waals surface area contributed by atoms with Crippen molar-refractivity contribution in [1.82, 2.24) is 0 Å². The average Bonchev–Trinajstić information content (AvgIpc) is 2.99. The largest absolute Gasteiger partial charge is 0.618 e. The molecular weight excluding hydrogens is 336 g/mol. The molecule has 0 unspecified atom stereocenters. The van der Waals surface area contributed by atoms with Gasteiger partial charge in [-0.15, -0.1) is 0 Å². The lowest BCUT2D eigenvalue weighted by molar-refractivity contribution is -0.645. The first kappa shape index (κ1) is 15.5. The highest BCUT2D eigenvalue weighted by Crippen LogP contribution is 2.30. The van der Waals surface area contributed by atoms with E-state index in [0.29, 0.717) is 10.7 Å². The summed E-state index contributed by atoms with van der Waals surface area (Å²) >= 11 is 1.20. The molecule has 1 N–H and O–H groups in total. The van der Waals surface area contributed by atoms with Crippen LogP contribution >= 0.6 is 11.8 Å². The number of para-hydroxylation sites is 1. The molecule has 6 heteroatoms. The first-order chi connectivity index (χ1) is 12.2. The summed E-state index contributed by atoms with van der Waals surface area (Å²) in [7, 11) is 0. The molecule has 2 aromatic carbocycles. The first-order valence-corrected chi connectivity index (χ1v) is 8.71.